The van der Waals surface area contributed by atoms with E-state index in [-0.39, 0.29) is 11.6 Å². The molecule has 1 atom stereocenters. The van der Waals surface area contributed by atoms with E-state index in [1.807, 2.05) is 31.2 Å². The predicted molar refractivity (Wildman–Crippen MR) is 83.0 cm³/mol. The summed E-state index contributed by atoms with van der Waals surface area (Å²) >= 11 is 3.43. The van der Waals surface area contributed by atoms with Gasteiger partial charge in [-0.05, 0) is 30.7 Å². The number of amides is 1. The number of carbonyl (C=O) groups excluding carboxylic acids is 1. The lowest BCUT2D eigenvalue weighted by Crippen LogP contribution is -2.27. The van der Waals surface area contributed by atoms with Crippen LogP contribution in [0.1, 0.15) is 28.9 Å². The van der Waals surface area contributed by atoms with E-state index in [1.165, 1.54) is 19.2 Å². The highest BCUT2D eigenvalue weighted by Crippen LogP contribution is 2.23. The van der Waals surface area contributed by atoms with Crippen molar-refractivity contribution in [2.24, 2.45) is 0 Å². The molecule has 0 heterocycles. The number of rotatable bonds is 4. The molecule has 0 aliphatic carbocycles. The molecule has 1 unspecified atom stereocenters. The van der Waals surface area contributed by atoms with E-state index in [0.29, 0.717) is 5.75 Å². The molecule has 2 rings (SSSR count). The van der Waals surface area contributed by atoms with Crippen LogP contribution in [0, 0.1) is 5.82 Å². The van der Waals surface area contributed by atoms with Gasteiger partial charge in [-0.15, -0.1) is 0 Å². The number of halogens is 2. The van der Waals surface area contributed by atoms with Gasteiger partial charge in [-0.3, -0.25) is 4.79 Å². The van der Waals surface area contributed by atoms with Gasteiger partial charge in [0, 0.05) is 10.5 Å². The van der Waals surface area contributed by atoms with Crippen molar-refractivity contribution < 1.29 is 13.9 Å². The second-order valence-electron chi connectivity index (χ2n) is 4.56. The monoisotopic (exact) mass is 351 g/mol. The molecule has 0 saturated heterocycles. The summed E-state index contributed by atoms with van der Waals surface area (Å²) in [5.74, 6) is -0.688. The van der Waals surface area contributed by atoms with Gasteiger partial charge in [0.25, 0.3) is 5.91 Å². The van der Waals surface area contributed by atoms with Gasteiger partial charge in [0.2, 0.25) is 0 Å². The predicted octanol–water partition coefficient (Wildman–Crippen LogP) is 4.09. The first-order valence-corrected chi connectivity index (χ1v) is 7.21. The third-order valence-corrected chi connectivity index (χ3v) is 3.86. The highest BCUT2D eigenvalue weighted by molar-refractivity contribution is 9.10. The van der Waals surface area contributed by atoms with Crippen molar-refractivity contribution in [3.63, 3.8) is 0 Å². The molecule has 110 valence electrons. The van der Waals surface area contributed by atoms with Crippen molar-refractivity contribution in [3.05, 3.63) is 63.9 Å². The number of ether oxygens (including phenoxy) is 1. The van der Waals surface area contributed by atoms with Crippen LogP contribution in [-0.2, 0) is 0 Å². The lowest BCUT2D eigenvalue weighted by molar-refractivity contribution is 0.0935. The van der Waals surface area contributed by atoms with Gasteiger partial charge >= 0.3 is 0 Å². The van der Waals surface area contributed by atoms with Crippen LogP contribution in [0.4, 0.5) is 4.39 Å². The first kappa shape index (κ1) is 15.5. The molecule has 3 nitrogen and oxygen atoms in total. The Kier molecular flexibility index (Phi) is 4.96. The number of benzene rings is 2. The standard InChI is InChI=1S/C16H15BrFNO2/c1-10(12-5-3-4-6-14(12)17)19-16(20)13-8-7-11(21-2)9-15(13)18/h3-10H,1-2H3,(H,19,20). The highest BCUT2D eigenvalue weighted by atomic mass is 79.9. The largest absolute Gasteiger partial charge is 0.497 e. The van der Waals surface area contributed by atoms with Gasteiger partial charge < -0.3 is 10.1 Å². The maximum absolute atomic E-state index is 13.9. The zero-order valence-corrected chi connectivity index (χ0v) is 13.3. The Bertz CT molecular complexity index is 660. The topological polar surface area (TPSA) is 38.3 Å². The SMILES string of the molecule is COc1ccc(C(=O)NC(C)c2ccccc2Br)c(F)c1. The number of nitrogens with one attached hydrogen (secondary N) is 1. The summed E-state index contributed by atoms with van der Waals surface area (Å²) in [6.45, 7) is 1.85. The Morgan fingerprint density at radius 2 is 2.00 bits per heavy atom. The second-order valence-corrected chi connectivity index (χ2v) is 5.42. The van der Waals surface area contributed by atoms with Crippen molar-refractivity contribution in [1.29, 1.82) is 0 Å². The smallest absolute Gasteiger partial charge is 0.254 e. The number of carbonyl (C=O) groups is 1. The lowest BCUT2D eigenvalue weighted by atomic mass is 10.1. The van der Waals surface area contributed by atoms with Gasteiger partial charge in [0.1, 0.15) is 11.6 Å². The zero-order valence-electron chi connectivity index (χ0n) is 11.7. The minimum atomic E-state index is -0.605. The number of hydrogen-bond acceptors (Lipinski definition) is 2. The summed E-state index contributed by atoms with van der Waals surface area (Å²) in [7, 11) is 1.45. The van der Waals surface area contributed by atoms with Crippen molar-refractivity contribution in [3.8, 4) is 5.75 Å². The Morgan fingerprint density at radius 3 is 2.62 bits per heavy atom. The Balaban J connectivity index is 2.16. The summed E-state index contributed by atoms with van der Waals surface area (Å²) in [6, 6.07) is 11.5. The van der Waals surface area contributed by atoms with Crippen LogP contribution in [0.5, 0.6) is 5.75 Å². The first-order valence-electron chi connectivity index (χ1n) is 6.41. The minimum Gasteiger partial charge on any atom is -0.497 e. The molecule has 0 fully saturated rings. The van der Waals surface area contributed by atoms with E-state index < -0.39 is 11.7 Å². The van der Waals surface area contributed by atoms with E-state index in [2.05, 4.69) is 21.2 Å². The Morgan fingerprint density at radius 1 is 1.29 bits per heavy atom. The fourth-order valence-corrected chi connectivity index (χ4v) is 2.61. The van der Waals surface area contributed by atoms with Gasteiger partial charge in [0.15, 0.2) is 0 Å². The minimum absolute atomic E-state index is 0.00490. The van der Waals surface area contributed by atoms with Crippen molar-refractivity contribution in [1.82, 2.24) is 5.32 Å². The quantitative estimate of drug-likeness (QED) is 0.900. The van der Waals surface area contributed by atoms with Gasteiger partial charge in [0.05, 0.1) is 18.7 Å². The fourth-order valence-electron chi connectivity index (χ4n) is 1.99. The molecule has 0 aliphatic rings. The fraction of sp³-hybridized carbons (Fsp3) is 0.188. The molecular formula is C16H15BrFNO2. The average Bonchev–Trinajstić information content (AvgIpc) is 2.47. The molecule has 5 heteroatoms. The van der Waals surface area contributed by atoms with Crippen LogP contribution in [0.25, 0.3) is 0 Å². The Hall–Kier alpha value is -1.88. The van der Waals surface area contributed by atoms with E-state index in [1.54, 1.807) is 6.07 Å². The normalized spacial score (nSPS) is 11.8. The Labute approximate surface area is 131 Å². The molecule has 0 aliphatic heterocycles. The number of hydrogen-bond donors (Lipinski definition) is 1. The molecule has 2 aromatic carbocycles. The van der Waals surface area contributed by atoms with Crippen LogP contribution >= 0.6 is 15.9 Å². The molecule has 21 heavy (non-hydrogen) atoms. The van der Waals surface area contributed by atoms with Gasteiger partial charge in [-0.2, -0.15) is 0 Å². The van der Waals surface area contributed by atoms with E-state index >= 15 is 0 Å². The number of methoxy groups -OCH3 is 1. The molecule has 0 saturated carbocycles. The molecule has 1 N–H and O–H groups in total. The summed E-state index contributed by atoms with van der Waals surface area (Å²) in [6.07, 6.45) is 0. The van der Waals surface area contributed by atoms with Crippen molar-refractivity contribution >= 4 is 21.8 Å². The third kappa shape index (κ3) is 3.61. The molecular weight excluding hydrogens is 337 g/mol. The molecule has 0 aromatic heterocycles. The van der Waals surface area contributed by atoms with Crippen LogP contribution in [0.3, 0.4) is 0 Å². The highest BCUT2D eigenvalue weighted by Gasteiger charge is 2.16. The van der Waals surface area contributed by atoms with Crippen molar-refractivity contribution in [2.75, 3.05) is 7.11 Å². The van der Waals surface area contributed by atoms with E-state index in [0.717, 1.165) is 10.0 Å². The van der Waals surface area contributed by atoms with Crippen molar-refractivity contribution in [2.45, 2.75) is 13.0 Å². The molecule has 0 bridgehead atoms. The summed E-state index contributed by atoms with van der Waals surface area (Å²) in [4.78, 5) is 12.2. The van der Waals surface area contributed by atoms with E-state index in [4.69, 9.17) is 4.74 Å². The lowest BCUT2D eigenvalue weighted by Gasteiger charge is -2.16. The maximum Gasteiger partial charge on any atom is 0.254 e. The maximum atomic E-state index is 13.9. The van der Waals surface area contributed by atoms with Gasteiger partial charge in [-0.1, -0.05) is 34.1 Å². The summed E-state index contributed by atoms with van der Waals surface area (Å²) in [5, 5.41) is 2.78. The summed E-state index contributed by atoms with van der Waals surface area (Å²) < 4.78 is 19.7. The zero-order chi connectivity index (χ0) is 15.4. The van der Waals surface area contributed by atoms with E-state index in [9.17, 15) is 9.18 Å². The van der Waals surface area contributed by atoms with Crippen LogP contribution in [0.15, 0.2) is 46.9 Å². The average molecular weight is 352 g/mol. The van der Waals surface area contributed by atoms with Crippen LogP contribution < -0.4 is 10.1 Å². The summed E-state index contributed by atoms with van der Waals surface area (Å²) in [5.41, 5.74) is 0.925. The van der Waals surface area contributed by atoms with Gasteiger partial charge in [-0.25, -0.2) is 4.39 Å². The van der Waals surface area contributed by atoms with Crippen LogP contribution in [-0.4, -0.2) is 13.0 Å². The first-order chi connectivity index (χ1) is 10.0. The molecule has 0 radical (unpaired) electrons. The van der Waals surface area contributed by atoms with Crippen LogP contribution in [0.2, 0.25) is 0 Å². The third-order valence-electron chi connectivity index (χ3n) is 3.14. The molecule has 1 amide bonds. The molecule has 2 aromatic rings. The molecule has 0 spiro atoms. The second kappa shape index (κ2) is 6.72.